The van der Waals surface area contributed by atoms with Crippen LogP contribution in [-0.4, -0.2) is 5.12 Å². The number of anilines is 2. The van der Waals surface area contributed by atoms with Crippen LogP contribution in [0.2, 0.25) is 0 Å². The molecule has 0 unspecified atom stereocenters. The number of rotatable bonds is 3. The molecule has 4 N–H and O–H groups in total. The molecule has 0 spiro atoms. The highest BCUT2D eigenvalue weighted by atomic mass is 32.2. The van der Waals surface area contributed by atoms with E-state index in [0.29, 0.717) is 17.1 Å². The molecule has 2 aromatic carbocycles. The smallest absolute Gasteiger partial charge is 0.224 e. The van der Waals surface area contributed by atoms with Gasteiger partial charge in [0, 0.05) is 23.9 Å². The Labute approximate surface area is 116 Å². The van der Waals surface area contributed by atoms with E-state index in [1.807, 2.05) is 24.3 Å². The lowest BCUT2D eigenvalue weighted by atomic mass is 10.0. The van der Waals surface area contributed by atoms with Gasteiger partial charge in [-0.2, -0.15) is 0 Å². The summed E-state index contributed by atoms with van der Waals surface area (Å²) in [5.41, 5.74) is 14.8. The molecule has 0 aliphatic heterocycles. The highest BCUT2D eigenvalue weighted by Gasteiger charge is 2.06. The second-order valence-corrected chi connectivity index (χ2v) is 4.94. The summed E-state index contributed by atoms with van der Waals surface area (Å²) in [5.74, 6) is 0.576. The molecular weight excluding hydrogens is 260 g/mol. The normalized spacial score (nSPS) is 10.2. The molecule has 0 radical (unpaired) electrons. The van der Waals surface area contributed by atoms with Gasteiger partial charge < -0.3 is 15.7 Å². The first-order chi connectivity index (χ1) is 9.06. The molecular formula is C14H14N2O2S. The van der Waals surface area contributed by atoms with Gasteiger partial charge in [-0.15, -0.1) is 0 Å². The standard InChI is InChI=1S/C14H14N2O2S/c1-9(17)19-18-12-5-6-14(16)13(8-12)10-3-2-4-11(15)7-10/h2-8H,15-16H2,1H3. The van der Waals surface area contributed by atoms with E-state index < -0.39 is 0 Å². The third-order valence-electron chi connectivity index (χ3n) is 2.48. The van der Waals surface area contributed by atoms with Gasteiger partial charge in [-0.3, -0.25) is 4.79 Å². The van der Waals surface area contributed by atoms with Crippen molar-refractivity contribution in [3.05, 3.63) is 42.5 Å². The third-order valence-corrected chi connectivity index (χ3v) is 2.99. The number of carbonyl (C=O) groups excluding carboxylic acids is 1. The lowest BCUT2D eigenvalue weighted by Crippen LogP contribution is -1.93. The molecule has 0 heterocycles. The molecule has 98 valence electrons. The topological polar surface area (TPSA) is 78.3 Å². The molecule has 0 saturated carbocycles. The van der Waals surface area contributed by atoms with E-state index in [1.54, 1.807) is 18.2 Å². The van der Waals surface area contributed by atoms with E-state index in [9.17, 15) is 4.79 Å². The number of hydrogen-bond acceptors (Lipinski definition) is 5. The van der Waals surface area contributed by atoms with Crippen LogP contribution >= 0.6 is 12.0 Å². The van der Waals surface area contributed by atoms with E-state index in [0.717, 1.165) is 23.2 Å². The molecule has 2 aromatic rings. The van der Waals surface area contributed by atoms with Crippen molar-refractivity contribution in [2.75, 3.05) is 11.5 Å². The average Bonchev–Trinajstić information content (AvgIpc) is 2.37. The summed E-state index contributed by atoms with van der Waals surface area (Å²) in [7, 11) is 0. The fraction of sp³-hybridized carbons (Fsp3) is 0.0714. The largest absolute Gasteiger partial charge is 0.418 e. The van der Waals surface area contributed by atoms with Gasteiger partial charge in [-0.05, 0) is 35.9 Å². The maximum absolute atomic E-state index is 10.9. The zero-order chi connectivity index (χ0) is 13.8. The molecule has 0 aromatic heterocycles. The summed E-state index contributed by atoms with van der Waals surface area (Å²) >= 11 is 0.793. The molecule has 0 amide bonds. The second kappa shape index (κ2) is 5.67. The number of carbonyl (C=O) groups is 1. The monoisotopic (exact) mass is 274 g/mol. The summed E-state index contributed by atoms with van der Waals surface area (Å²) in [4.78, 5) is 10.9. The molecule has 19 heavy (non-hydrogen) atoms. The van der Waals surface area contributed by atoms with Crippen LogP contribution in [0.25, 0.3) is 11.1 Å². The van der Waals surface area contributed by atoms with Gasteiger partial charge in [0.05, 0.1) is 0 Å². The molecule has 0 aliphatic carbocycles. The van der Waals surface area contributed by atoms with Crippen molar-refractivity contribution in [3.63, 3.8) is 0 Å². The van der Waals surface area contributed by atoms with Crippen LogP contribution in [0, 0.1) is 0 Å². The Bertz CT molecular complexity index is 614. The molecule has 0 fully saturated rings. The molecule has 0 bridgehead atoms. The van der Waals surface area contributed by atoms with Gasteiger partial charge in [-0.25, -0.2) is 0 Å². The second-order valence-electron chi connectivity index (χ2n) is 4.03. The predicted molar refractivity (Wildman–Crippen MR) is 79.6 cm³/mol. The van der Waals surface area contributed by atoms with E-state index in [-0.39, 0.29) is 5.12 Å². The Morgan fingerprint density at radius 2 is 1.95 bits per heavy atom. The van der Waals surface area contributed by atoms with E-state index in [1.165, 1.54) is 6.92 Å². The van der Waals surface area contributed by atoms with Gasteiger partial charge in [0.25, 0.3) is 0 Å². The van der Waals surface area contributed by atoms with Crippen molar-refractivity contribution in [2.24, 2.45) is 0 Å². The third kappa shape index (κ3) is 3.42. The van der Waals surface area contributed by atoms with E-state index in [4.69, 9.17) is 15.7 Å². The minimum Gasteiger partial charge on any atom is -0.418 e. The van der Waals surface area contributed by atoms with Crippen molar-refractivity contribution < 1.29 is 8.98 Å². The summed E-state index contributed by atoms with van der Waals surface area (Å²) in [5, 5.41) is -0.109. The lowest BCUT2D eigenvalue weighted by molar-refractivity contribution is -0.109. The van der Waals surface area contributed by atoms with Crippen molar-refractivity contribution in [1.82, 2.24) is 0 Å². The van der Waals surface area contributed by atoms with Crippen LogP contribution in [0.1, 0.15) is 6.92 Å². The number of benzene rings is 2. The summed E-state index contributed by atoms with van der Waals surface area (Å²) in [6.07, 6.45) is 0. The number of nitrogen functional groups attached to an aromatic ring is 2. The van der Waals surface area contributed by atoms with E-state index >= 15 is 0 Å². The Hall–Kier alpha value is -2.14. The SMILES string of the molecule is CC(=O)SOc1ccc(N)c(-c2cccc(N)c2)c1. The summed E-state index contributed by atoms with van der Waals surface area (Å²) in [6, 6.07) is 12.7. The molecule has 2 rings (SSSR count). The fourth-order valence-corrected chi connectivity index (χ4v) is 1.97. The summed E-state index contributed by atoms with van der Waals surface area (Å²) < 4.78 is 5.30. The zero-order valence-corrected chi connectivity index (χ0v) is 11.2. The highest BCUT2D eigenvalue weighted by molar-refractivity contribution is 8.09. The van der Waals surface area contributed by atoms with Gasteiger partial charge in [0.15, 0.2) is 0 Å². The Morgan fingerprint density at radius 1 is 1.16 bits per heavy atom. The van der Waals surface area contributed by atoms with E-state index in [2.05, 4.69) is 0 Å². The van der Waals surface area contributed by atoms with Crippen LogP contribution in [-0.2, 0) is 4.79 Å². The molecule has 5 heteroatoms. The fourth-order valence-electron chi connectivity index (χ4n) is 1.65. The number of hydrogen-bond donors (Lipinski definition) is 2. The maximum atomic E-state index is 10.9. The zero-order valence-electron chi connectivity index (χ0n) is 10.4. The van der Waals surface area contributed by atoms with Crippen LogP contribution in [0.4, 0.5) is 11.4 Å². The van der Waals surface area contributed by atoms with Crippen LogP contribution in [0.15, 0.2) is 42.5 Å². The Balaban J connectivity index is 2.34. The molecule has 0 aliphatic rings. The first kappa shape index (κ1) is 13.3. The van der Waals surface area contributed by atoms with Gasteiger partial charge in [0.1, 0.15) is 17.8 Å². The lowest BCUT2D eigenvalue weighted by Gasteiger charge is -2.09. The minimum absolute atomic E-state index is 0.109. The first-order valence-corrected chi connectivity index (χ1v) is 6.41. The Kier molecular flexibility index (Phi) is 3.97. The van der Waals surface area contributed by atoms with Crippen LogP contribution in [0.5, 0.6) is 5.75 Å². The molecule has 4 nitrogen and oxygen atoms in total. The van der Waals surface area contributed by atoms with Gasteiger partial charge in [0.2, 0.25) is 5.12 Å². The predicted octanol–water partition coefficient (Wildman–Crippen LogP) is 3.09. The van der Waals surface area contributed by atoms with Crippen LogP contribution < -0.4 is 15.7 Å². The van der Waals surface area contributed by atoms with Gasteiger partial charge in [-0.1, -0.05) is 12.1 Å². The maximum Gasteiger partial charge on any atom is 0.224 e. The van der Waals surface area contributed by atoms with Crippen molar-refractivity contribution in [2.45, 2.75) is 6.92 Å². The Morgan fingerprint density at radius 3 is 2.63 bits per heavy atom. The molecule has 0 atom stereocenters. The molecule has 0 saturated heterocycles. The first-order valence-electron chi connectivity index (χ1n) is 5.67. The van der Waals surface area contributed by atoms with Crippen LogP contribution in [0.3, 0.4) is 0 Å². The number of nitrogens with two attached hydrogens (primary N) is 2. The summed E-state index contributed by atoms with van der Waals surface area (Å²) in [6.45, 7) is 1.45. The van der Waals surface area contributed by atoms with Crippen molar-refractivity contribution >= 4 is 28.5 Å². The highest BCUT2D eigenvalue weighted by Crippen LogP contribution is 2.31. The van der Waals surface area contributed by atoms with Gasteiger partial charge >= 0.3 is 0 Å². The average molecular weight is 274 g/mol. The van der Waals surface area contributed by atoms with Crippen molar-refractivity contribution in [3.8, 4) is 16.9 Å². The quantitative estimate of drug-likeness (QED) is 0.664. The van der Waals surface area contributed by atoms with Crippen molar-refractivity contribution in [1.29, 1.82) is 0 Å². The minimum atomic E-state index is -0.109.